The molecule has 3 nitrogen and oxygen atoms in total. The van der Waals surface area contributed by atoms with E-state index in [9.17, 15) is 0 Å². The molecule has 0 spiro atoms. The summed E-state index contributed by atoms with van der Waals surface area (Å²) in [6, 6.07) is 16.8. The molecule has 0 saturated heterocycles. The topological polar surface area (TPSA) is 35.0 Å². The number of ether oxygens (including phenoxy) is 1. The van der Waals surface area contributed by atoms with E-state index in [0.29, 0.717) is 6.61 Å². The summed E-state index contributed by atoms with van der Waals surface area (Å²) < 4.78 is 5.95. The quantitative estimate of drug-likeness (QED) is 0.243. The third-order valence-corrected chi connectivity index (χ3v) is 5.85. The highest BCUT2D eigenvalue weighted by Gasteiger charge is 2.04. The van der Waals surface area contributed by atoms with E-state index in [1.807, 2.05) is 36.7 Å². The number of hydrogen-bond donors (Lipinski definition) is 0. The number of unbranched alkanes of at least 4 members (excludes halogenated alkanes) is 6. The number of aromatic nitrogens is 2. The summed E-state index contributed by atoms with van der Waals surface area (Å²) in [5, 5.41) is 0. The van der Waals surface area contributed by atoms with E-state index in [2.05, 4.69) is 48.1 Å². The zero-order valence-corrected chi connectivity index (χ0v) is 19.9. The molecule has 32 heavy (non-hydrogen) atoms. The van der Waals surface area contributed by atoms with Crippen LogP contribution in [0.2, 0.25) is 0 Å². The molecule has 3 rings (SSSR count). The molecule has 3 aromatic rings. The Hall–Kier alpha value is -2.68. The largest absolute Gasteiger partial charge is 0.489 e. The minimum atomic E-state index is 0.579. The summed E-state index contributed by atoms with van der Waals surface area (Å²) >= 11 is 0. The Labute approximate surface area is 194 Å². The highest BCUT2D eigenvalue weighted by Crippen LogP contribution is 2.21. The number of nitrogens with zero attached hydrogens (tertiary/aromatic N) is 2. The molecule has 0 aliphatic rings. The molecule has 1 heterocycles. The Kier molecular flexibility index (Phi) is 10.2. The van der Waals surface area contributed by atoms with Crippen molar-refractivity contribution in [1.82, 2.24) is 9.97 Å². The number of benzene rings is 2. The van der Waals surface area contributed by atoms with E-state index in [0.717, 1.165) is 30.0 Å². The first-order chi connectivity index (χ1) is 15.8. The van der Waals surface area contributed by atoms with E-state index in [1.165, 1.54) is 68.1 Å². The van der Waals surface area contributed by atoms with Gasteiger partial charge in [0.25, 0.3) is 0 Å². The highest BCUT2D eigenvalue weighted by atomic mass is 16.5. The maximum Gasteiger partial charge on any atom is 0.159 e. The van der Waals surface area contributed by atoms with Gasteiger partial charge in [-0.15, -0.1) is 0 Å². The van der Waals surface area contributed by atoms with Gasteiger partial charge >= 0.3 is 0 Å². The predicted octanol–water partition coefficient (Wildman–Crippen LogP) is 7.97. The van der Waals surface area contributed by atoms with Gasteiger partial charge in [-0.3, -0.25) is 0 Å². The highest BCUT2D eigenvalue weighted by molar-refractivity contribution is 5.55. The molecule has 1 aromatic heterocycles. The number of rotatable bonds is 14. The molecule has 0 fully saturated rings. The van der Waals surface area contributed by atoms with Crippen molar-refractivity contribution in [3.63, 3.8) is 0 Å². The van der Waals surface area contributed by atoms with Gasteiger partial charge in [-0.25, -0.2) is 9.97 Å². The van der Waals surface area contributed by atoms with E-state index in [-0.39, 0.29) is 0 Å². The van der Waals surface area contributed by atoms with Gasteiger partial charge in [0, 0.05) is 18.0 Å². The van der Waals surface area contributed by atoms with Gasteiger partial charge < -0.3 is 4.74 Å². The normalized spacial score (nSPS) is 10.9. The van der Waals surface area contributed by atoms with Crippen LogP contribution in [0.15, 0.2) is 60.9 Å². The molecule has 0 aliphatic heterocycles. The van der Waals surface area contributed by atoms with Crippen LogP contribution in [0.3, 0.4) is 0 Å². The van der Waals surface area contributed by atoms with Crippen molar-refractivity contribution in [2.45, 2.75) is 84.7 Å². The minimum absolute atomic E-state index is 0.579. The molecule has 2 aromatic carbocycles. The van der Waals surface area contributed by atoms with E-state index in [4.69, 9.17) is 4.74 Å². The lowest BCUT2D eigenvalue weighted by Gasteiger charge is -2.08. The first kappa shape index (κ1) is 24.0. The molecular formula is C29H38N2O. The molecule has 0 atom stereocenters. The fourth-order valence-corrected chi connectivity index (χ4v) is 3.88. The second-order valence-electron chi connectivity index (χ2n) is 8.67. The van der Waals surface area contributed by atoms with Crippen LogP contribution in [0.5, 0.6) is 5.75 Å². The zero-order chi connectivity index (χ0) is 22.4. The van der Waals surface area contributed by atoms with Crippen LogP contribution < -0.4 is 4.74 Å². The van der Waals surface area contributed by atoms with Gasteiger partial charge in [0.15, 0.2) is 5.82 Å². The summed E-state index contributed by atoms with van der Waals surface area (Å²) in [5.74, 6) is 1.63. The van der Waals surface area contributed by atoms with Gasteiger partial charge in [0.05, 0.1) is 0 Å². The average Bonchev–Trinajstić information content (AvgIpc) is 2.84. The van der Waals surface area contributed by atoms with Gasteiger partial charge in [-0.1, -0.05) is 83.1 Å². The lowest BCUT2D eigenvalue weighted by molar-refractivity contribution is 0.306. The van der Waals surface area contributed by atoms with Gasteiger partial charge in [-0.05, 0) is 60.2 Å². The summed E-state index contributed by atoms with van der Waals surface area (Å²) in [7, 11) is 0. The average molecular weight is 431 g/mol. The summed E-state index contributed by atoms with van der Waals surface area (Å²) in [5.41, 5.74) is 4.82. The summed E-state index contributed by atoms with van der Waals surface area (Å²) in [6.45, 7) is 5.05. The van der Waals surface area contributed by atoms with E-state index < -0.39 is 0 Å². The van der Waals surface area contributed by atoms with Crippen LogP contribution in [-0.4, -0.2) is 9.97 Å². The fraction of sp³-hybridized carbons (Fsp3) is 0.448. The lowest BCUT2D eigenvalue weighted by atomic mass is 10.1. The summed E-state index contributed by atoms with van der Waals surface area (Å²) in [6.07, 6.45) is 16.6. The van der Waals surface area contributed by atoms with Crippen molar-refractivity contribution in [3.8, 4) is 17.1 Å². The first-order valence-electron chi connectivity index (χ1n) is 12.4. The van der Waals surface area contributed by atoms with Crippen molar-refractivity contribution in [1.29, 1.82) is 0 Å². The smallest absolute Gasteiger partial charge is 0.159 e. The Morgan fingerprint density at radius 2 is 1.22 bits per heavy atom. The minimum Gasteiger partial charge on any atom is -0.489 e. The monoisotopic (exact) mass is 430 g/mol. The van der Waals surface area contributed by atoms with Crippen LogP contribution in [0, 0.1) is 0 Å². The predicted molar refractivity (Wildman–Crippen MR) is 134 cm³/mol. The molecule has 3 heteroatoms. The van der Waals surface area contributed by atoms with Crippen LogP contribution in [-0.2, 0) is 19.4 Å². The number of aryl methyl sites for hydroxylation is 2. The van der Waals surface area contributed by atoms with Crippen molar-refractivity contribution in [2.24, 2.45) is 0 Å². The van der Waals surface area contributed by atoms with Gasteiger partial charge in [0.1, 0.15) is 12.4 Å². The first-order valence-corrected chi connectivity index (χ1v) is 12.4. The van der Waals surface area contributed by atoms with E-state index >= 15 is 0 Å². The Bertz CT molecular complexity index is 886. The molecule has 0 aliphatic carbocycles. The SMILES string of the molecule is CCCCCCCCCc1cnc(-c2ccc(OCc3ccc(CCC)cc3)cc2)nc1. The Balaban J connectivity index is 1.43. The Morgan fingerprint density at radius 1 is 0.594 bits per heavy atom. The fourth-order valence-electron chi connectivity index (χ4n) is 3.88. The number of hydrogen-bond acceptors (Lipinski definition) is 3. The molecule has 0 bridgehead atoms. The molecule has 0 amide bonds. The second kappa shape index (κ2) is 13.7. The molecule has 0 saturated carbocycles. The van der Waals surface area contributed by atoms with Crippen molar-refractivity contribution in [3.05, 3.63) is 77.6 Å². The molecule has 170 valence electrons. The van der Waals surface area contributed by atoms with Crippen molar-refractivity contribution < 1.29 is 4.74 Å². The third kappa shape index (κ3) is 8.11. The maximum absolute atomic E-state index is 5.95. The molecular weight excluding hydrogens is 392 g/mol. The van der Waals surface area contributed by atoms with Gasteiger partial charge in [-0.2, -0.15) is 0 Å². The van der Waals surface area contributed by atoms with Crippen molar-refractivity contribution in [2.75, 3.05) is 0 Å². The second-order valence-corrected chi connectivity index (χ2v) is 8.67. The van der Waals surface area contributed by atoms with Crippen molar-refractivity contribution >= 4 is 0 Å². The zero-order valence-electron chi connectivity index (χ0n) is 19.9. The van der Waals surface area contributed by atoms with Crippen LogP contribution in [0.4, 0.5) is 0 Å². The Morgan fingerprint density at radius 3 is 1.88 bits per heavy atom. The molecule has 0 N–H and O–H groups in total. The lowest BCUT2D eigenvalue weighted by Crippen LogP contribution is -1.96. The van der Waals surface area contributed by atoms with Crippen LogP contribution in [0.25, 0.3) is 11.4 Å². The molecule has 0 unspecified atom stereocenters. The third-order valence-electron chi connectivity index (χ3n) is 5.85. The maximum atomic E-state index is 5.95. The van der Waals surface area contributed by atoms with Gasteiger partial charge in [0.2, 0.25) is 0 Å². The molecule has 0 radical (unpaired) electrons. The van der Waals surface area contributed by atoms with Crippen LogP contribution >= 0.6 is 0 Å². The standard InChI is InChI=1S/C29H38N2O/c1-3-5-6-7-8-9-10-12-26-21-30-29(31-22-26)27-17-19-28(20-18-27)32-23-25-15-13-24(11-4-2)14-16-25/h13-22H,3-12,23H2,1-2H3. The van der Waals surface area contributed by atoms with E-state index in [1.54, 1.807) is 0 Å². The van der Waals surface area contributed by atoms with Crippen LogP contribution in [0.1, 0.15) is 81.9 Å². The summed E-state index contributed by atoms with van der Waals surface area (Å²) in [4.78, 5) is 9.17.